The Morgan fingerprint density at radius 2 is 2.45 bits per heavy atom. The molecule has 1 N–H and O–H groups in total. The first-order chi connectivity index (χ1) is 5.15. The average Bonchev–Trinajstić information content (AvgIpc) is 2.28. The Kier molecular flexibility index (Phi) is 2.98. The van der Waals surface area contributed by atoms with E-state index in [2.05, 4.69) is 5.10 Å². The predicted molar refractivity (Wildman–Crippen MR) is 49.2 cm³/mol. The van der Waals surface area contributed by atoms with E-state index in [1.54, 1.807) is 16.4 Å². The monoisotopic (exact) mass is 209 g/mol. The summed E-state index contributed by atoms with van der Waals surface area (Å²) in [6.45, 7) is 1.98. The van der Waals surface area contributed by atoms with Gasteiger partial charge < -0.3 is 0 Å². The lowest BCUT2D eigenvalue weighted by Crippen LogP contribution is -2.16. The van der Waals surface area contributed by atoms with Crippen molar-refractivity contribution in [1.82, 2.24) is 9.78 Å². The quantitative estimate of drug-likeness (QED) is 0.809. The molecule has 0 saturated heterocycles. The largest absolute Gasteiger partial charge is 0.274 e. The van der Waals surface area contributed by atoms with Crippen molar-refractivity contribution in [2.24, 2.45) is 0 Å². The van der Waals surface area contributed by atoms with Crippen LogP contribution in [0.25, 0.3) is 0 Å². The number of hydrogen-bond donors (Lipinski definition) is 1. The van der Waals surface area contributed by atoms with E-state index in [1.807, 2.05) is 13.2 Å². The Balaban J connectivity index is 3.03. The van der Waals surface area contributed by atoms with Gasteiger partial charge in [0.25, 0.3) is 0 Å². The maximum absolute atomic E-state index is 7.45. The average molecular weight is 210 g/mol. The molecule has 1 rings (SSSR count). The van der Waals surface area contributed by atoms with Crippen LogP contribution < -0.4 is 4.80 Å². The number of nitrogens with one attached hydrogen (secondary N) is 1. The van der Waals surface area contributed by atoms with E-state index in [4.69, 9.17) is 17.0 Å². The predicted octanol–water partition coefficient (Wildman–Crippen LogP) is 1.96. The van der Waals surface area contributed by atoms with Gasteiger partial charge in [0, 0.05) is 0 Å². The minimum atomic E-state index is 0.186. The third-order valence-corrected chi connectivity index (χ3v) is 3.08. The van der Waals surface area contributed by atoms with Crippen molar-refractivity contribution in [2.45, 2.75) is 12.3 Å². The fourth-order valence-electron chi connectivity index (χ4n) is 0.623. The maximum Gasteiger partial charge on any atom is 0.206 e. The van der Waals surface area contributed by atoms with Gasteiger partial charge in [-0.1, -0.05) is 11.3 Å². The molecule has 1 aromatic heterocycles. The van der Waals surface area contributed by atoms with E-state index in [-0.39, 0.29) is 5.37 Å². The van der Waals surface area contributed by atoms with Crippen LogP contribution in [0.3, 0.4) is 0 Å². The van der Waals surface area contributed by atoms with Crippen molar-refractivity contribution >= 4 is 34.7 Å². The first-order valence-corrected chi connectivity index (χ1v) is 5.46. The summed E-state index contributed by atoms with van der Waals surface area (Å²) in [6, 6.07) is 0. The molecule has 0 spiro atoms. The van der Waals surface area contributed by atoms with Gasteiger partial charge >= 0.3 is 0 Å². The summed E-state index contributed by atoms with van der Waals surface area (Å²) in [5, 5.41) is 11.6. The van der Waals surface area contributed by atoms with Crippen LogP contribution in [0.5, 0.6) is 0 Å². The van der Waals surface area contributed by atoms with Crippen molar-refractivity contribution in [3.8, 4) is 0 Å². The molecular weight excluding hydrogens is 202 g/mol. The molecule has 0 aromatic carbocycles. The molecule has 6 heteroatoms. The summed E-state index contributed by atoms with van der Waals surface area (Å²) in [6.07, 6.45) is 1.98. The van der Waals surface area contributed by atoms with E-state index in [9.17, 15) is 0 Å². The Hall–Kier alpha value is -0.0000000000000000555. The SMILES string of the molecule is CSC(C)n1nc(Cl)sc1=N. The van der Waals surface area contributed by atoms with E-state index in [0.29, 0.717) is 9.27 Å². The molecule has 0 amide bonds. The highest BCUT2D eigenvalue weighted by Gasteiger charge is 2.06. The standard InChI is InChI=1S/C5H8ClN3S2/c1-3(10-2)9-5(7)11-4(6)8-9/h3,7H,1-2H3. The zero-order valence-electron chi connectivity index (χ0n) is 6.17. The third kappa shape index (κ3) is 1.98. The normalized spacial score (nSPS) is 13.4. The Bertz CT molecular complexity index is 292. The van der Waals surface area contributed by atoms with Crippen molar-refractivity contribution in [3.63, 3.8) is 0 Å². The summed E-state index contributed by atoms with van der Waals surface area (Å²) in [5.41, 5.74) is 0. The zero-order valence-corrected chi connectivity index (χ0v) is 8.56. The van der Waals surface area contributed by atoms with Crippen LogP contribution >= 0.6 is 34.7 Å². The van der Waals surface area contributed by atoms with Crippen LogP contribution in [-0.2, 0) is 0 Å². The first-order valence-electron chi connectivity index (χ1n) is 2.97. The molecule has 62 valence electrons. The Morgan fingerprint density at radius 1 is 1.82 bits per heavy atom. The van der Waals surface area contributed by atoms with Crippen molar-refractivity contribution in [1.29, 1.82) is 5.41 Å². The molecule has 0 saturated carbocycles. The van der Waals surface area contributed by atoms with E-state index in [1.165, 1.54) is 11.3 Å². The summed E-state index contributed by atoms with van der Waals surface area (Å²) >= 11 is 8.44. The molecule has 0 aliphatic heterocycles. The third-order valence-electron chi connectivity index (χ3n) is 1.26. The Morgan fingerprint density at radius 3 is 2.82 bits per heavy atom. The second kappa shape index (κ2) is 3.60. The maximum atomic E-state index is 7.45. The van der Waals surface area contributed by atoms with Crippen LogP contribution in [0.2, 0.25) is 4.47 Å². The minimum absolute atomic E-state index is 0.186. The van der Waals surface area contributed by atoms with Crippen molar-refractivity contribution in [3.05, 3.63) is 9.27 Å². The lowest BCUT2D eigenvalue weighted by molar-refractivity contribution is 0.611. The van der Waals surface area contributed by atoms with Gasteiger partial charge in [-0.3, -0.25) is 5.41 Å². The van der Waals surface area contributed by atoms with Crippen LogP contribution in [0.1, 0.15) is 12.3 Å². The molecule has 0 bridgehead atoms. The topological polar surface area (TPSA) is 41.7 Å². The zero-order chi connectivity index (χ0) is 8.43. The fourth-order valence-corrected chi connectivity index (χ4v) is 1.92. The van der Waals surface area contributed by atoms with Crippen molar-refractivity contribution < 1.29 is 0 Å². The van der Waals surface area contributed by atoms with Gasteiger partial charge in [0.15, 0.2) is 0 Å². The minimum Gasteiger partial charge on any atom is -0.274 e. The summed E-state index contributed by atoms with van der Waals surface area (Å²) in [4.78, 5) is 0.400. The molecule has 0 fully saturated rings. The van der Waals surface area contributed by atoms with E-state index >= 15 is 0 Å². The molecule has 1 aromatic rings. The van der Waals surface area contributed by atoms with Crippen molar-refractivity contribution in [2.75, 3.05) is 6.26 Å². The van der Waals surface area contributed by atoms with Gasteiger partial charge in [-0.05, 0) is 24.8 Å². The molecule has 0 aliphatic rings. The second-order valence-corrected chi connectivity index (χ2v) is 4.65. The van der Waals surface area contributed by atoms with Gasteiger partial charge in [0.1, 0.15) is 0 Å². The van der Waals surface area contributed by atoms with E-state index in [0.717, 1.165) is 0 Å². The first kappa shape index (κ1) is 9.09. The number of hydrogen-bond acceptors (Lipinski definition) is 4. The van der Waals surface area contributed by atoms with Gasteiger partial charge in [-0.15, -0.1) is 16.9 Å². The summed E-state index contributed by atoms with van der Waals surface area (Å²) < 4.78 is 2.04. The van der Waals surface area contributed by atoms with Crippen LogP contribution in [-0.4, -0.2) is 16.0 Å². The van der Waals surface area contributed by atoms with Gasteiger partial charge in [-0.2, -0.15) is 0 Å². The highest BCUT2D eigenvalue weighted by Crippen LogP contribution is 2.17. The lowest BCUT2D eigenvalue weighted by atomic mass is 10.8. The molecule has 0 aliphatic carbocycles. The molecule has 1 heterocycles. The fraction of sp³-hybridized carbons (Fsp3) is 0.600. The summed E-state index contributed by atoms with van der Waals surface area (Å²) in [7, 11) is 0. The molecule has 1 unspecified atom stereocenters. The molecule has 0 radical (unpaired) electrons. The van der Waals surface area contributed by atoms with Crippen LogP contribution in [0.15, 0.2) is 0 Å². The molecule has 1 atom stereocenters. The highest BCUT2D eigenvalue weighted by molar-refractivity contribution is 7.98. The van der Waals surface area contributed by atoms with Gasteiger partial charge in [0.05, 0.1) is 5.37 Å². The molecule has 11 heavy (non-hydrogen) atoms. The van der Waals surface area contributed by atoms with Crippen LogP contribution in [0, 0.1) is 5.41 Å². The molecule has 3 nitrogen and oxygen atoms in total. The number of rotatable bonds is 2. The van der Waals surface area contributed by atoms with Gasteiger partial charge in [-0.25, -0.2) is 4.68 Å². The van der Waals surface area contributed by atoms with Crippen LogP contribution in [0.4, 0.5) is 0 Å². The summed E-state index contributed by atoms with van der Waals surface area (Å²) in [5.74, 6) is 0. The number of halogens is 1. The number of aromatic nitrogens is 2. The van der Waals surface area contributed by atoms with Gasteiger partial charge in [0.2, 0.25) is 9.27 Å². The smallest absolute Gasteiger partial charge is 0.206 e. The number of thioether (sulfide) groups is 1. The Labute approximate surface area is 77.9 Å². The number of nitrogens with zero attached hydrogens (tertiary/aromatic N) is 2. The van der Waals surface area contributed by atoms with E-state index < -0.39 is 0 Å². The second-order valence-electron chi connectivity index (χ2n) is 1.94. The highest BCUT2D eigenvalue weighted by atomic mass is 35.5. The lowest BCUT2D eigenvalue weighted by Gasteiger charge is -2.05. The molecular formula is C5H8ClN3S2.